The zero-order valence-corrected chi connectivity index (χ0v) is 9.13. The van der Waals surface area contributed by atoms with Gasteiger partial charge in [-0.1, -0.05) is 39.0 Å². The van der Waals surface area contributed by atoms with Crippen LogP contribution in [0.3, 0.4) is 0 Å². The molecule has 0 bridgehead atoms. The fourth-order valence-electron chi connectivity index (χ4n) is 2.60. The zero-order chi connectivity index (χ0) is 9.86. The van der Waals surface area contributed by atoms with Gasteiger partial charge in [-0.3, -0.25) is 5.32 Å². The van der Waals surface area contributed by atoms with E-state index in [1.165, 1.54) is 50.6 Å². The molecule has 77 valence electrons. The summed E-state index contributed by atoms with van der Waals surface area (Å²) >= 11 is 0. The van der Waals surface area contributed by atoms with E-state index in [9.17, 15) is 0 Å². The molecule has 0 atom stereocenters. The molecule has 0 N–H and O–H groups in total. The summed E-state index contributed by atoms with van der Waals surface area (Å²) in [6.45, 7) is 2.39. The number of nitrogens with zero attached hydrogens (tertiary/aromatic N) is 1. The third-order valence-electron chi connectivity index (χ3n) is 3.63. The summed E-state index contributed by atoms with van der Waals surface area (Å²) in [5.41, 5.74) is 1.68. The van der Waals surface area contributed by atoms with Gasteiger partial charge in [-0.15, -0.1) is 0 Å². The van der Waals surface area contributed by atoms with Gasteiger partial charge in [0.05, 0.1) is 0 Å². The maximum absolute atomic E-state index is 4.48. The molecule has 0 aromatic heterocycles. The first-order chi connectivity index (χ1) is 6.81. The van der Waals surface area contributed by atoms with Crippen molar-refractivity contribution in [2.24, 2.45) is 5.41 Å². The summed E-state index contributed by atoms with van der Waals surface area (Å²) < 4.78 is 0. The van der Waals surface area contributed by atoms with E-state index in [0.717, 1.165) is 0 Å². The molecule has 1 aliphatic heterocycles. The quantitative estimate of drug-likeness (QED) is 0.598. The monoisotopic (exact) mass is 190 g/mol. The van der Waals surface area contributed by atoms with Crippen LogP contribution in [-0.2, 0) is 0 Å². The molecule has 1 radical (unpaired) electrons. The highest BCUT2D eigenvalue weighted by Gasteiger charge is 2.30. The van der Waals surface area contributed by atoms with Gasteiger partial charge >= 0.3 is 0 Å². The van der Waals surface area contributed by atoms with Crippen molar-refractivity contribution in [1.82, 2.24) is 5.32 Å². The van der Waals surface area contributed by atoms with Crippen molar-refractivity contribution >= 4 is 0 Å². The zero-order valence-electron chi connectivity index (χ0n) is 9.13. The minimum atomic E-state index is 0.365. The summed E-state index contributed by atoms with van der Waals surface area (Å²) in [4.78, 5) is 0. The number of allylic oxidation sites excluding steroid dienone is 3. The smallest absolute Gasteiger partial charge is 0.0463 e. The molecular weight excluding hydrogens is 170 g/mol. The van der Waals surface area contributed by atoms with Gasteiger partial charge < -0.3 is 0 Å². The molecule has 1 fully saturated rings. The van der Waals surface area contributed by atoms with E-state index < -0.39 is 0 Å². The van der Waals surface area contributed by atoms with Crippen molar-refractivity contribution in [3.05, 3.63) is 24.0 Å². The molecule has 0 amide bonds. The highest BCUT2D eigenvalue weighted by Crippen LogP contribution is 2.40. The van der Waals surface area contributed by atoms with Crippen LogP contribution in [0.1, 0.15) is 51.9 Å². The fourth-order valence-corrected chi connectivity index (χ4v) is 2.60. The largest absolute Gasteiger partial charge is 0.261 e. The Hall–Kier alpha value is -0.720. The van der Waals surface area contributed by atoms with Gasteiger partial charge in [0.15, 0.2) is 0 Å². The van der Waals surface area contributed by atoms with Crippen LogP contribution in [-0.4, -0.2) is 0 Å². The molecule has 0 unspecified atom stereocenters. The third kappa shape index (κ3) is 2.02. The lowest BCUT2D eigenvalue weighted by Gasteiger charge is -2.32. The molecule has 1 heteroatoms. The lowest BCUT2D eigenvalue weighted by Crippen LogP contribution is -2.23. The molecule has 1 nitrogen and oxygen atoms in total. The number of rotatable bonds is 1. The molecule has 1 heterocycles. The molecule has 14 heavy (non-hydrogen) atoms. The van der Waals surface area contributed by atoms with Gasteiger partial charge in [0.25, 0.3) is 0 Å². The van der Waals surface area contributed by atoms with Crippen LogP contribution in [0.5, 0.6) is 0 Å². The Balaban J connectivity index is 2.03. The van der Waals surface area contributed by atoms with Crippen LogP contribution >= 0.6 is 0 Å². The van der Waals surface area contributed by atoms with Gasteiger partial charge in [-0.05, 0) is 25.0 Å². The average molecular weight is 190 g/mol. The number of hydrogen-bond acceptors (Lipinski definition) is 0. The minimum Gasteiger partial charge on any atom is -0.261 e. The van der Waals surface area contributed by atoms with Gasteiger partial charge in [0, 0.05) is 17.3 Å². The number of hydrogen-bond donors (Lipinski definition) is 0. The van der Waals surface area contributed by atoms with E-state index in [-0.39, 0.29) is 0 Å². The Morgan fingerprint density at radius 3 is 2.29 bits per heavy atom. The van der Waals surface area contributed by atoms with E-state index in [1.54, 1.807) is 0 Å². The van der Waals surface area contributed by atoms with Crippen molar-refractivity contribution in [3.8, 4) is 0 Å². The van der Waals surface area contributed by atoms with Crippen molar-refractivity contribution in [2.45, 2.75) is 51.9 Å². The summed E-state index contributed by atoms with van der Waals surface area (Å²) in [5.74, 6) is 0. The second-order valence-electron chi connectivity index (χ2n) is 4.85. The molecule has 2 rings (SSSR count). The summed E-state index contributed by atoms with van der Waals surface area (Å²) in [6, 6.07) is 0. The molecule has 0 saturated heterocycles. The predicted octanol–water partition coefficient (Wildman–Crippen LogP) is 3.75. The van der Waals surface area contributed by atoms with E-state index in [2.05, 4.69) is 24.4 Å². The standard InChI is InChI=1S/C13H20N/c1-13(12-8-7-11-14-12)9-5-3-2-4-6-10-13/h7-8,11H,2-6,9-10H2,1H3. The highest BCUT2D eigenvalue weighted by molar-refractivity contribution is 5.25. The normalized spacial score (nSPS) is 26.2. The molecular formula is C13H20N. The van der Waals surface area contributed by atoms with E-state index in [4.69, 9.17) is 0 Å². The summed E-state index contributed by atoms with van der Waals surface area (Å²) in [5, 5.41) is 4.48. The van der Waals surface area contributed by atoms with Gasteiger partial charge in [0.2, 0.25) is 0 Å². The van der Waals surface area contributed by atoms with Crippen LogP contribution in [0.15, 0.2) is 24.0 Å². The SMILES string of the molecule is CC1(C2=CC=C[N]2)CCCCCCC1. The van der Waals surface area contributed by atoms with E-state index in [1.807, 2.05) is 6.20 Å². The molecule has 0 spiro atoms. The maximum Gasteiger partial charge on any atom is 0.0463 e. The Morgan fingerprint density at radius 1 is 1.07 bits per heavy atom. The van der Waals surface area contributed by atoms with Crippen molar-refractivity contribution < 1.29 is 0 Å². The first-order valence-electron chi connectivity index (χ1n) is 5.89. The molecule has 0 aromatic carbocycles. The van der Waals surface area contributed by atoms with E-state index in [0.29, 0.717) is 5.41 Å². The lowest BCUT2D eigenvalue weighted by molar-refractivity contribution is 0.279. The van der Waals surface area contributed by atoms with Gasteiger partial charge in [0.1, 0.15) is 0 Å². The highest BCUT2D eigenvalue weighted by atomic mass is 14.9. The first kappa shape index (κ1) is 9.82. The predicted molar refractivity (Wildman–Crippen MR) is 59.8 cm³/mol. The van der Waals surface area contributed by atoms with Gasteiger partial charge in [-0.25, -0.2) is 0 Å². The maximum atomic E-state index is 4.48. The second-order valence-corrected chi connectivity index (χ2v) is 4.85. The Bertz CT molecular complexity index is 242. The topological polar surface area (TPSA) is 14.1 Å². The Morgan fingerprint density at radius 2 is 1.71 bits per heavy atom. The Labute approximate surface area is 87.3 Å². The fraction of sp³-hybridized carbons (Fsp3) is 0.692. The second kappa shape index (κ2) is 4.20. The third-order valence-corrected chi connectivity index (χ3v) is 3.63. The minimum absolute atomic E-state index is 0.365. The van der Waals surface area contributed by atoms with Gasteiger partial charge in [-0.2, -0.15) is 0 Å². The summed E-state index contributed by atoms with van der Waals surface area (Å²) in [7, 11) is 0. The first-order valence-corrected chi connectivity index (χ1v) is 5.89. The molecule has 1 aliphatic carbocycles. The lowest BCUT2D eigenvalue weighted by atomic mass is 9.75. The van der Waals surface area contributed by atoms with Crippen molar-refractivity contribution in [1.29, 1.82) is 0 Å². The van der Waals surface area contributed by atoms with Crippen molar-refractivity contribution in [2.75, 3.05) is 0 Å². The van der Waals surface area contributed by atoms with Crippen LogP contribution < -0.4 is 5.32 Å². The van der Waals surface area contributed by atoms with Crippen LogP contribution in [0.4, 0.5) is 0 Å². The van der Waals surface area contributed by atoms with Crippen LogP contribution in [0.25, 0.3) is 0 Å². The van der Waals surface area contributed by atoms with Crippen molar-refractivity contribution in [3.63, 3.8) is 0 Å². The Kier molecular flexibility index (Phi) is 2.95. The molecule has 0 aromatic rings. The molecule has 2 aliphatic rings. The average Bonchev–Trinajstić information content (AvgIpc) is 2.65. The molecule has 1 saturated carbocycles. The van der Waals surface area contributed by atoms with Crippen LogP contribution in [0.2, 0.25) is 0 Å². The van der Waals surface area contributed by atoms with E-state index >= 15 is 0 Å². The summed E-state index contributed by atoms with van der Waals surface area (Å²) in [6.07, 6.45) is 15.9. The van der Waals surface area contributed by atoms with Crippen LogP contribution in [0, 0.1) is 5.41 Å².